The van der Waals surface area contributed by atoms with Gasteiger partial charge in [-0.25, -0.2) is 8.78 Å². The molecule has 2 nitrogen and oxygen atoms in total. The number of alkyl halides is 2. The maximum atomic E-state index is 12.5. The van der Waals surface area contributed by atoms with E-state index in [1.165, 1.54) is 28.0 Å². The third kappa shape index (κ3) is 2.98. The predicted octanol–water partition coefficient (Wildman–Crippen LogP) is 3.34. The summed E-state index contributed by atoms with van der Waals surface area (Å²) < 4.78 is 24.9. The van der Waals surface area contributed by atoms with E-state index in [1.54, 1.807) is 0 Å². The Labute approximate surface area is 107 Å². The van der Waals surface area contributed by atoms with E-state index in [9.17, 15) is 13.6 Å². The van der Waals surface area contributed by atoms with Crippen LogP contribution in [0.1, 0.15) is 22.5 Å². The van der Waals surface area contributed by atoms with Crippen LogP contribution in [0.15, 0.2) is 16.3 Å². The lowest BCUT2D eigenvalue weighted by molar-refractivity contribution is 0.0536. The Morgan fingerprint density at radius 1 is 1.65 bits per heavy atom. The summed E-state index contributed by atoms with van der Waals surface area (Å²) in [6.07, 6.45) is 1.11. The molecule has 0 saturated heterocycles. The van der Waals surface area contributed by atoms with Gasteiger partial charge in [-0.05, 0) is 30.5 Å². The van der Waals surface area contributed by atoms with E-state index in [2.05, 4.69) is 0 Å². The topological polar surface area (TPSA) is 20.3 Å². The van der Waals surface area contributed by atoms with Crippen molar-refractivity contribution >= 4 is 29.0 Å². The highest BCUT2D eigenvalue weighted by Crippen LogP contribution is 2.33. The van der Waals surface area contributed by atoms with Crippen molar-refractivity contribution in [3.05, 3.63) is 16.3 Å². The van der Waals surface area contributed by atoms with Gasteiger partial charge in [0.25, 0.3) is 12.3 Å². The number of thiophene rings is 1. The van der Waals surface area contributed by atoms with Crippen LogP contribution < -0.4 is 0 Å². The van der Waals surface area contributed by atoms with Gasteiger partial charge in [0.05, 0.1) is 6.54 Å². The van der Waals surface area contributed by atoms with E-state index < -0.39 is 13.0 Å². The van der Waals surface area contributed by atoms with Crippen LogP contribution >= 0.6 is 23.1 Å². The van der Waals surface area contributed by atoms with Gasteiger partial charge in [0.1, 0.15) is 4.88 Å². The van der Waals surface area contributed by atoms with Crippen LogP contribution in [0.2, 0.25) is 0 Å². The molecule has 0 atom stereocenters. The Balaban J connectivity index is 2.15. The fourth-order valence-corrected chi connectivity index (χ4v) is 3.38. The quantitative estimate of drug-likeness (QED) is 0.769. The molecule has 2 rings (SSSR count). The van der Waals surface area contributed by atoms with Crippen LogP contribution in [0.4, 0.5) is 8.78 Å². The number of thioether (sulfide) groups is 1. The molecule has 0 aliphatic heterocycles. The normalized spacial score (nSPS) is 15.3. The molecular weight excluding hydrogens is 264 g/mol. The lowest BCUT2D eigenvalue weighted by atomic mass is 10.3. The Hall–Kier alpha value is -0.620. The molecule has 1 aliphatic rings. The molecule has 1 aromatic rings. The van der Waals surface area contributed by atoms with Crippen molar-refractivity contribution in [1.82, 2.24) is 4.90 Å². The van der Waals surface area contributed by atoms with E-state index in [-0.39, 0.29) is 11.9 Å². The number of amides is 1. The molecule has 1 saturated carbocycles. The van der Waals surface area contributed by atoms with Gasteiger partial charge in [-0.15, -0.1) is 23.1 Å². The standard InChI is InChI=1S/C11H13F2NOS2/c1-16-8-4-5-17-10(8)11(15)14(6-9(12)13)7-2-3-7/h4-5,7,9H,2-3,6H2,1H3. The predicted molar refractivity (Wildman–Crippen MR) is 66.2 cm³/mol. The SMILES string of the molecule is CSc1ccsc1C(=O)N(CC(F)F)C1CC1. The minimum Gasteiger partial charge on any atom is -0.329 e. The number of halogens is 2. The van der Waals surface area contributed by atoms with Crippen LogP contribution in [0.5, 0.6) is 0 Å². The van der Waals surface area contributed by atoms with E-state index >= 15 is 0 Å². The second-order valence-electron chi connectivity index (χ2n) is 3.90. The van der Waals surface area contributed by atoms with Gasteiger partial charge in [0.2, 0.25) is 0 Å². The van der Waals surface area contributed by atoms with Crippen molar-refractivity contribution in [2.24, 2.45) is 0 Å². The first-order valence-electron chi connectivity index (χ1n) is 5.34. The molecule has 1 heterocycles. The highest BCUT2D eigenvalue weighted by Gasteiger charge is 2.35. The lowest BCUT2D eigenvalue weighted by Gasteiger charge is -2.21. The number of carbonyl (C=O) groups excluding carboxylic acids is 1. The summed E-state index contributed by atoms with van der Waals surface area (Å²) in [4.78, 5) is 15.0. The number of hydrogen-bond donors (Lipinski definition) is 0. The number of hydrogen-bond acceptors (Lipinski definition) is 3. The molecule has 0 aromatic carbocycles. The van der Waals surface area contributed by atoms with Crippen LogP contribution in [-0.4, -0.2) is 36.1 Å². The average Bonchev–Trinajstić information content (AvgIpc) is 3.02. The third-order valence-corrected chi connectivity index (χ3v) is 4.44. The van der Waals surface area contributed by atoms with Gasteiger partial charge < -0.3 is 4.90 Å². The molecule has 1 aromatic heterocycles. The Morgan fingerprint density at radius 3 is 2.88 bits per heavy atom. The summed E-state index contributed by atoms with van der Waals surface area (Å²) in [7, 11) is 0. The van der Waals surface area contributed by atoms with E-state index in [0.29, 0.717) is 4.88 Å². The van der Waals surface area contributed by atoms with Crippen LogP contribution in [0, 0.1) is 0 Å². The molecule has 0 bridgehead atoms. The highest BCUT2D eigenvalue weighted by atomic mass is 32.2. The Kier molecular flexibility index (Phi) is 4.04. The van der Waals surface area contributed by atoms with Gasteiger partial charge in [0, 0.05) is 10.9 Å². The van der Waals surface area contributed by atoms with Crippen molar-refractivity contribution in [2.75, 3.05) is 12.8 Å². The zero-order chi connectivity index (χ0) is 12.4. The monoisotopic (exact) mass is 277 g/mol. The molecule has 17 heavy (non-hydrogen) atoms. The molecule has 0 spiro atoms. The van der Waals surface area contributed by atoms with Crippen LogP contribution in [0.25, 0.3) is 0 Å². The molecule has 94 valence electrons. The summed E-state index contributed by atoms with van der Waals surface area (Å²) in [5, 5.41) is 1.83. The zero-order valence-electron chi connectivity index (χ0n) is 9.36. The highest BCUT2D eigenvalue weighted by molar-refractivity contribution is 7.98. The number of rotatable bonds is 5. The third-order valence-electron chi connectivity index (χ3n) is 2.63. The molecule has 1 fully saturated rings. The number of carbonyl (C=O) groups is 1. The second-order valence-corrected chi connectivity index (χ2v) is 5.66. The lowest BCUT2D eigenvalue weighted by Crippen LogP contribution is -2.36. The maximum Gasteiger partial charge on any atom is 0.265 e. The summed E-state index contributed by atoms with van der Waals surface area (Å²) >= 11 is 2.80. The number of nitrogens with zero attached hydrogens (tertiary/aromatic N) is 1. The summed E-state index contributed by atoms with van der Waals surface area (Å²) in [6, 6.07) is 1.88. The minimum atomic E-state index is -2.46. The van der Waals surface area contributed by atoms with Crippen molar-refractivity contribution in [3.8, 4) is 0 Å². The first-order chi connectivity index (χ1) is 8.13. The van der Waals surface area contributed by atoms with Gasteiger partial charge in [0.15, 0.2) is 0 Å². The molecule has 0 N–H and O–H groups in total. The summed E-state index contributed by atoms with van der Waals surface area (Å²) in [5.41, 5.74) is 0. The van der Waals surface area contributed by atoms with E-state index in [0.717, 1.165) is 17.7 Å². The molecule has 1 amide bonds. The first-order valence-corrected chi connectivity index (χ1v) is 7.44. The van der Waals surface area contributed by atoms with Crippen molar-refractivity contribution in [2.45, 2.75) is 30.2 Å². The largest absolute Gasteiger partial charge is 0.329 e. The maximum absolute atomic E-state index is 12.5. The van der Waals surface area contributed by atoms with Gasteiger partial charge in [-0.1, -0.05) is 0 Å². The van der Waals surface area contributed by atoms with Crippen LogP contribution in [0.3, 0.4) is 0 Å². The molecule has 6 heteroatoms. The fourth-order valence-electron chi connectivity index (χ4n) is 1.68. The minimum absolute atomic E-state index is 0.0216. The smallest absolute Gasteiger partial charge is 0.265 e. The average molecular weight is 277 g/mol. The summed E-state index contributed by atoms with van der Waals surface area (Å²) in [5.74, 6) is -0.243. The van der Waals surface area contributed by atoms with Crippen molar-refractivity contribution in [1.29, 1.82) is 0 Å². The fraction of sp³-hybridized carbons (Fsp3) is 0.545. The molecule has 0 unspecified atom stereocenters. The Morgan fingerprint density at radius 2 is 2.35 bits per heavy atom. The first kappa shape index (κ1) is 12.8. The van der Waals surface area contributed by atoms with Crippen molar-refractivity contribution < 1.29 is 13.6 Å². The van der Waals surface area contributed by atoms with Crippen LogP contribution in [-0.2, 0) is 0 Å². The second kappa shape index (κ2) is 5.35. The molecule has 0 radical (unpaired) electrons. The van der Waals surface area contributed by atoms with Crippen molar-refractivity contribution in [3.63, 3.8) is 0 Å². The van der Waals surface area contributed by atoms with E-state index in [1.807, 2.05) is 17.7 Å². The molecule has 1 aliphatic carbocycles. The van der Waals surface area contributed by atoms with Gasteiger partial charge >= 0.3 is 0 Å². The zero-order valence-corrected chi connectivity index (χ0v) is 11.0. The van der Waals surface area contributed by atoms with E-state index in [4.69, 9.17) is 0 Å². The van der Waals surface area contributed by atoms with Gasteiger partial charge in [-0.2, -0.15) is 0 Å². The van der Waals surface area contributed by atoms with Gasteiger partial charge in [-0.3, -0.25) is 4.79 Å². The summed E-state index contributed by atoms with van der Waals surface area (Å²) in [6.45, 7) is -0.449. The molecular formula is C11H13F2NOS2. The Bertz CT molecular complexity index is 404.